The number of carbonyl (C=O) groups excluding carboxylic acids is 1. The third-order valence-corrected chi connectivity index (χ3v) is 5.22. The lowest BCUT2D eigenvalue weighted by atomic mass is 9.91. The maximum Gasteiger partial charge on any atom is 0.235 e. The van der Waals surface area contributed by atoms with Crippen LogP contribution in [0.25, 0.3) is 0 Å². The van der Waals surface area contributed by atoms with Gasteiger partial charge in [-0.05, 0) is 20.3 Å². The van der Waals surface area contributed by atoms with Crippen molar-refractivity contribution in [2.24, 2.45) is 11.1 Å². The molecule has 1 aliphatic rings. The minimum Gasteiger partial charge on any atom is -0.392 e. The van der Waals surface area contributed by atoms with Gasteiger partial charge < -0.3 is 10.6 Å². The van der Waals surface area contributed by atoms with Gasteiger partial charge in [-0.15, -0.1) is 0 Å². The van der Waals surface area contributed by atoms with E-state index in [4.69, 9.17) is 18.0 Å². The standard InChI is InChI=1S/C10H18N2O3S2/c1-10(2,8(11)16)9(13)12-4-3-6-17(14,15)7-5-12/h3-7H2,1-2H3,(H2,11,16). The molecular formula is C10H18N2O3S2. The van der Waals surface area contributed by atoms with Crippen molar-refractivity contribution in [1.82, 2.24) is 4.90 Å². The third-order valence-electron chi connectivity index (χ3n) is 2.99. The summed E-state index contributed by atoms with van der Waals surface area (Å²) >= 11 is 4.87. The van der Waals surface area contributed by atoms with Crippen LogP contribution in [0.1, 0.15) is 20.3 Å². The van der Waals surface area contributed by atoms with Crippen LogP contribution in [0.2, 0.25) is 0 Å². The molecule has 1 amide bonds. The number of hydrogen-bond acceptors (Lipinski definition) is 4. The van der Waals surface area contributed by atoms with E-state index < -0.39 is 15.3 Å². The topological polar surface area (TPSA) is 80.5 Å². The first-order valence-corrected chi connectivity index (χ1v) is 7.69. The molecule has 0 aromatic rings. The summed E-state index contributed by atoms with van der Waals surface area (Å²) in [5.74, 6) is -0.0294. The zero-order valence-electron chi connectivity index (χ0n) is 10.1. The van der Waals surface area contributed by atoms with Gasteiger partial charge in [0.15, 0.2) is 9.84 Å². The lowest BCUT2D eigenvalue weighted by Gasteiger charge is -2.30. The van der Waals surface area contributed by atoms with E-state index in [9.17, 15) is 13.2 Å². The zero-order chi connectivity index (χ0) is 13.3. The molecule has 1 heterocycles. The van der Waals surface area contributed by atoms with Crippen molar-refractivity contribution in [2.45, 2.75) is 20.3 Å². The van der Waals surface area contributed by atoms with Gasteiger partial charge >= 0.3 is 0 Å². The van der Waals surface area contributed by atoms with E-state index in [1.54, 1.807) is 18.7 Å². The molecule has 2 N–H and O–H groups in total. The van der Waals surface area contributed by atoms with Crippen LogP contribution in [-0.4, -0.2) is 48.8 Å². The predicted octanol–water partition coefficient (Wildman–Crippen LogP) is -0.0542. The smallest absolute Gasteiger partial charge is 0.235 e. The first-order chi connectivity index (χ1) is 7.67. The van der Waals surface area contributed by atoms with Gasteiger partial charge in [0.1, 0.15) is 0 Å². The summed E-state index contributed by atoms with van der Waals surface area (Å²) in [7, 11) is -3.01. The van der Waals surface area contributed by atoms with Crippen LogP contribution in [0.4, 0.5) is 0 Å². The highest BCUT2D eigenvalue weighted by Gasteiger charge is 2.36. The van der Waals surface area contributed by atoms with Crippen molar-refractivity contribution in [1.29, 1.82) is 0 Å². The number of carbonyl (C=O) groups is 1. The Bertz CT molecular complexity index is 429. The molecule has 0 saturated carbocycles. The van der Waals surface area contributed by atoms with Gasteiger partial charge in [0.2, 0.25) is 5.91 Å². The fourth-order valence-corrected chi connectivity index (χ4v) is 3.00. The average Bonchev–Trinajstić information content (AvgIpc) is 2.38. The van der Waals surface area contributed by atoms with E-state index in [2.05, 4.69) is 0 Å². The summed E-state index contributed by atoms with van der Waals surface area (Å²) < 4.78 is 22.9. The van der Waals surface area contributed by atoms with Gasteiger partial charge in [0, 0.05) is 13.1 Å². The molecule has 1 saturated heterocycles. The molecular weight excluding hydrogens is 260 g/mol. The molecule has 0 radical (unpaired) electrons. The van der Waals surface area contributed by atoms with Crippen LogP contribution in [0, 0.1) is 5.41 Å². The molecule has 0 atom stereocenters. The SMILES string of the molecule is CC(C)(C(=O)N1CCCS(=O)(=O)CC1)C(N)=S. The van der Waals surface area contributed by atoms with Crippen molar-refractivity contribution in [3.63, 3.8) is 0 Å². The highest BCUT2D eigenvalue weighted by Crippen LogP contribution is 2.20. The Kier molecular flexibility index (Phi) is 4.14. The molecule has 1 fully saturated rings. The number of thiocarbonyl (C=S) groups is 1. The van der Waals surface area contributed by atoms with Crippen molar-refractivity contribution in [3.05, 3.63) is 0 Å². The number of hydrogen-bond donors (Lipinski definition) is 1. The lowest BCUT2D eigenvalue weighted by molar-refractivity contribution is -0.136. The molecule has 0 unspecified atom stereocenters. The third kappa shape index (κ3) is 3.38. The quantitative estimate of drug-likeness (QED) is 0.716. The minimum absolute atomic E-state index is 0.0200. The molecule has 0 bridgehead atoms. The molecule has 17 heavy (non-hydrogen) atoms. The van der Waals surface area contributed by atoms with Crippen LogP contribution in [0.3, 0.4) is 0 Å². The van der Waals surface area contributed by atoms with Crippen molar-refractivity contribution in [2.75, 3.05) is 24.6 Å². The van der Waals surface area contributed by atoms with E-state index in [0.29, 0.717) is 13.0 Å². The average molecular weight is 278 g/mol. The van der Waals surface area contributed by atoms with E-state index >= 15 is 0 Å². The molecule has 0 aromatic carbocycles. The Hall–Kier alpha value is -0.690. The van der Waals surface area contributed by atoms with Crippen molar-refractivity contribution in [3.8, 4) is 0 Å². The molecule has 1 aliphatic heterocycles. The molecule has 0 aliphatic carbocycles. The Morgan fingerprint density at radius 3 is 2.41 bits per heavy atom. The first-order valence-electron chi connectivity index (χ1n) is 5.46. The van der Waals surface area contributed by atoms with Crippen molar-refractivity contribution < 1.29 is 13.2 Å². The summed E-state index contributed by atoms with van der Waals surface area (Å²) in [5.41, 5.74) is 4.62. The normalized spacial score (nSPS) is 20.7. The summed E-state index contributed by atoms with van der Waals surface area (Å²) in [6.07, 6.45) is 0.474. The maximum absolute atomic E-state index is 12.2. The Labute approximate surface area is 107 Å². The van der Waals surface area contributed by atoms with Crippen molar-refractivity contribution >= 4 is 33.0 Å². The summed E-state index contributed by atoms with van der Waals surface area (Å²) in [4.78, 5) is 13.9. The highest BCUT2D eigenvalue weighted by molar-refractivity contribution is 7.91. The number of rotatable bonds is 2. The first kappa shape index (κ1) is 14.4. The second-order valence-electron chi connectivity index (χ2n) is 4.79. The predicted molar refractivity (Wildman–Crippen MR) is 70.4 cm³/mol. The number of sulfone groups is 1. The highest BCUT2D eigenvalue weighted by atomic mass is 32.2. The molecule has 7 heteroatoms. The van der Waals surface area contributed by atoms with Gasteiger partial charge in [-0.25, -0.2) is 8.42 Å². The van der Waals surface area contributed by atoms with E-state index in [1.807, 2.05) is 0 Å². The van der Waals surface area contributed by atoms with Gasteiger partial charge in [-0.3, -0.25) is 4.79 Å². The monoisotopic (exact) mass is 278 g/mol. The maximum atomic E-state index is 12.2. The lowest BCUT2D eigenvalue weighted by Crippen LogP contribution is -2.48. The Balaban J connectivity index is 2.81. The van der Waals surface area contributed by atoms with E-state index in [0.717, 1.165) is 0 Å². The molecule has 0 spiro atoms. The molecule has 5 nitrogen and oxygen atoms in total. The summed E-state index contributed by atoms with van der Waals surface area (Å²) in [5, 5.41) is 0. The number of amides is 1. The largest absolute Gasteiger partial charge is 0.392 e. The number of nitrogens with zero attached hydrogens (tertiary/aromatic N) is 1. The van der Waals surface area contributed by atoms with E-state index in [-0.39, 0.29) is 28.9 Å². The molecule has 98 valence electrons. The van der Waals surface area contributed by atoms with Crippen LogP contribution >= 0.6 is 12.2 Å². The van der Waals surface area contributed by atoms with Gasteiger partial charge in [0.25, 0.3) is 0 Å². The Morgan fingerprint density at radius 2 is 1.88 bits per heavy atom. The second-order valence-corrected chi connectivity index (χ2v) is 7.53. The van der Waals surface area contributed by atoms with Crippen LogP contribution in [0.15, 0.2) is 0 Å². The second kappa shape index (κ2) is 4.89. The molecule has 0 aromatic heterocycles. The van der Waals surface area contributed by atoms with Gasteiger partial charge in [0.05, 0.1) is 21.9 Å². The fourth-order valence-electron chi connectivity index (χ4n) is 1.64. The van der Waals surface area contributed by atoms with Crippen LogP contribution < -0.4 is 5.73 Å². The minimum atomic E-state index is -3.01. The Morgan fingerprint density at radius 1 is 1.29 bits per heavy atom. The summed E-state index contributed by atoms with van der Waals surface area (Å²) in [6.45, 7) is 4.01. The van der Waals surface area contributed by atoms with Crippen LogP contribution in [0.5, 0.6) is 0 Å². The number of nitrogens with two attached hydrogens (primary N) is 1. The molecule has 1 rings (SSSR count). The van der Waals surface area contributed by atoms with Gasteiger partial charge in [-0.2, -0.15) is 0 Å². The van der Waals surface area contributed by atoms with Crippen LogP contribution in [-0.2, 0) is 14.6 Å². The van der Waals surface area contributed by atoms with Gasteiger partial charge in [-0.1, -0.05) is 12.2 Å². The van der Waals surface area contributed by atoms with E-state index in [1.165, 1.54) is 0 Å². The summed E-state index contributed by atoms with van der Waals surface area (Å²) in [6, 6.07) is 0. The fraction of sp³-hybridized carbons (Fsp3) is 0.800. The zero-order valence-corrected chi connectivity index (χ0v) is 11.7.